The number of fused-ring (bicyclic) bond motifs is 2. The number of nitrogens with one attached hydrogen (secondary N) is 1. The molecule has 3 rings (SSSR count). The Bertz CT molecular complexity index is 589. The Morgan fingerprint density at radius 1 is 1.19 bits per heavy atom. The maximum atomic E-state index is 10.5. The van der Waals surface area contributed by atoms with Crippen molar-refractivity contribution in [1.82, 2.24) is 5.48 Å². The molecule has 2 N–H and O–H groups in total. The minimum Gasteiger partial charge on any atom is -0.481 e. The predicted octanol–water partition coefficient (Wildman–Crippen LogP) is 3.70. The van der Waals surface area contributed by atoms with E-state index in [9.17, 15) is 4.79 Å². The lowest BCUT2D eigenvalue weighted by atomic mass is 9.77. The van der Waals surface area contributed by atoms with Gasteiger partial charge in [0.25, 0.3) is 0 Å². The summed E-state index contributed by atoms with van der Waals surface area (Å²) >= 11 is 0. The van der Waals surface area contributed by atoms with Gasteiger partial charge in [0.15, 0.2) is 0 Å². The van der Waals surface area contributed by atoms with Gasteiger partial charge in [0, 0.05) is 18.9 Å². The van der Waals surface area contributed by atoms with E-state index in [1.54, 1.807) is 0 Å². The van der Waals surface area contributed by atoms with Gasteiger partial charge in [-0.3, -0.25) is 9.63 Å². The molecule has 2 heterocycles. The van der Waals surface area contributed by atoms with Gasteiger partial charge in [-0.15, -0.1) is 0 Å². The Labute approximate surface area is 155 Å². The van der Waals surface area contributed by atoms with Gasteiger partial charge in [0.2, 0.25) is 0 Å². The number of ether oxygens (including phenoxy) is 1. The van der Waals surface area contributed by atoms with Crippen LogP contribution >= 0.6 is 0 Å². The maximum Gasteiger partial charge on any atom is 0.303 e. The molecule has 0 saturated carbocycles. The monoisotopic (exact) mass is 359 g/mol. The first-order valence-corrected chi connectivity index (χ1v) is 9.65. The molecule has 0 spiro atoms. The van der Waals surface area contributed by atoms with Crippen LogP contribution in [-0.4, -0.2) is 29.8 Å². The zero-order chi connectivity index (χ0) is 18.2. The normalized spacial score (nSPS) is 27.4. The van der Waals surface area contributed by atoms with Gasteiger partial charge in [0.05, 0.1) is 18.8 Å². The third-order valence-electron chi connectivity index (χ3n) is 5.43. The molecule has 0 unspecified atom stereocenters. The highest BCUT2D eigenvalue weighted by Gasteiger charge is 2.47. The summed E-state index contributed by atoms with van der Waals surface area (Å²) in [4.78, 5) is 16.2. The van der Waals surface area contributed by atoms with Crippen LogP contribution in [0.15, 0.2) is 42.5 Å². The smallest absolute Gasteiger partial charge is 0.303 e. The molecule has 5 heteroatoms. The second kappa shape index (κ2) is 9.86. The number of carboxylic acid groups (broad SMARTS) is 1. The standard InChI is InChI=1S/C21H29NO4/c23-21(24)11-7-2-1-6-10-17-18(20-13-12-19(17)26-20)14-22-25-15-16-8-4-3-5-9-16/h1,3-6,8-9,17-20,22H,2,7,10-15H2,(H,23,24)/b6-1-/t17-,18-,19-,20+/m1/s1. The molecule has 26 heavy (non-hydrogen) atoms. The first kappa shape index (κ1) is 19.1. The summed E-state index contributed by atoms with van der Waals surface area (Å²) in [5.74, 6) is 0.284. The first-order chi connectivity index (χ1) is 12.7. The van der Waals surface area contributed by atoms with Crippen molar-refractivity contribution in [2.24, 2.45) is 11.8 Å². The van der Waals surface area contributed by atoms with Crippen molar-refractivity contribution >= 4 is 5.97 Å². The van der Waals surface area contributed by atoms with Crippen LogP contribution < -0.4 is 5.48 Å². The Kier molecular flexibility index (Phi) is 7.23. The van der Waals surface area contributed by atoms with E-state index in [-0.39, 0.29) is 6.42 Å². The molecular weight excluding hydrogens is 330 g/mol. The lowest BCUT2D eigenvalue weighted by molar-refractivity contribution is -0.137. The summed E-state index contributed by atoms with van der Waals surface area (Å²) in [6.45, 7) is 1.38. The maximum absolute atomic E-state index is 10.5. The highest BCUT2D eigenvalue weighted by atomic mass is 16.6. The number of aliphatic carboxylic acids is 1. The number of hydroxylamine groups is 1. The summed E-state index contributed by atoms with van der Waals surface area (Å²) < 4.78 is 6.12. The molecule has 2 aliphatic rings. The fraction of sp³-hybridized carbons (Fsp3) is 0.571. The number of hydrogen-bond donors (Lipinski definition) is 2. The molecular formula is C21H29NO4. The number of rotatable bonds is 11. The van der Waals surface area contributed by atoms with Crippen molar-refractivity contribution < 1.29 is 19.5 Å². The molecule has 5 nitrogen and oxygen atoms in total. The van der Waals surface area contributed by atoms with Crippen molar-refractivity contribution in [3.63, 3.8) is 0 Å². The van der Waals surface area contributed by atoms with Gasteiger partial charge in [-0.2, -0.15) is 0 Å². The van der Waals surface area contributed by atoms with Crippen LogP contribution in [0.5, 0.6) is 0 Å². The van der Waals surface area contributed by atoms with Gasteiger partial charge < -0.3 is 9.84 Å². The number of unbranched alkanes of at least 4 members (excludes halogenated alkanes) is 1. The fourth-order valence-corrected chi connectivity index (χ4v) is 4.09. The lowest BCUT2D eigenvalue weighted by Crippen LogP contribution is -2.35. The van der Waals surface area contributed by atoms with E-state index in [2.05, 4.69) is 29.8 Å². The number of carboxylic acids is 1. The zero-order valence-corrected chi connectivity index (χ0v) is 15.2. The second-order valence-electron chi connectivity index (χ2n) is 7.23. The van der Waals surface area contributed by atoms with Crippen molar-refractivity contribution in [3.05, 3.63) is 48.0 Å². The average molecular weight is 359 g/mol. The highest BCUT2D eigenvalue weighted by Crippen LogP contribution is 2.44. The SMILES string of the molecule is O=C(O)CCC/C=C\C[C@@H]1[C@@H](CNOCc2ccccc2)[C@@H]2CC[C@H]1O2. The van der Waals surface area contributed by atoms with Gasteiger partial charge >= 0.3 is 5.97 Å². The largest absolute Gasteiger partial charge is 0.481 e. The van der Waals surface area contributed by atoms with E-state index in [4.69, 9.17) is 14.7 Å². The molecule has 1 aromatic rings. The van der Waals surface area contributed by atoms with E-state index in [1.165, 1.54) is 0 Å². The highest BCUT2D eigenvalue weighted by molar-refractivity contribution is 5.66. The topological polar surface area (TPSA) is 67.8 Å². The minimum absolute atomic E-state index is 0.243. The summed E-state index contributed by atoms with van der Waals surface area (Å²) in [6, 6.07) is 10.1. The van der Waals surface area contributed by atoms with E-state index in [0.717, 1.165) is 37.8 Å². The first-order valence-electron chi connectivity index (χ1n) is 9.65. The number of allylic oxidation sites excluding steroid dienone is 2. The summed E-state index contributed by atoms with van der Waals surface area (Å²) in [6.07, 6.45) is 10.1. The van der Waals surface area contributed by atoms with Gasteiger partial charge in [-0.25, -0.2) is 5.48 Å². The van der Waals surface area contributed by atoms with Crippen molar-refractivity contribution in [3.8, 4) is 0 Å². The number of carbonyl (C=O) groups is 1. The molecule has 0 amide bonds. The fourth-order valence-electron chi connectivity index (χ4n) is 4.09. The molecule has 2 bridgehead atoms. The zero-order valence-electron chi connectivity index (χ0n) is 15.2. The van der Waals surface area contributed by atoms with Crippen LogP contribution in [0.2, 0.25) is 0 Å². The molecule has 0 aliphatic carbocycles. The third-order valence-corrected chi connectivity index (χ3v) is 5.43. The summed E-state index contributed by atoms with van der Waals surface area (Å²) in [5, 5.41) is 8.66. The summed E-state index contributed by atoms with van der Waals surface area (Å²) in [5.41, 5.74) is 4.30. The molecule has 142 valence electrons. The average Bonchev–Trinajstić information content (AvgIpc) is 3.24. The van der Waals surface area contributed by atoms with E-state index in [0.29, 0.717) is 37.1 Å². The third kappa shape index (κ3) is 5.40. The Morgan fingerprint density at radius 3 is 2.73 bits per heavy atom. The van der Waals surface area contributed by atoms with Crippen LogP contribution in [0.4, 0.5) is 0 Å². The molecule has 2 saturated heterocycles. The van der Waals surface area contributed by atoms with Crippen LogP contribution in [0.3, 0.4) is 0 Å². The van der Waals surface area contributed by atoms with Crippen molar-refractivity contribution in [1.29, 1.82) is 0 Å². The van der Waals surface area contributed by atoms with Crippen LogP contribution in [-0.2, 0) is 21.0 Å². The number of benzene rings is 1. The molecule has 2 aliphatic heterocycles. The Hall–Kier alpha value is -1.69. The van der Waals surface area contributed by atoms with Crippen LogP contribution in [0.25, 0.3) is 0 Å². The van der Waals surface area contributed by atoms with Gasteiger partial charge in [-0.05, 0) is 43.6 Å². The molecule has 2 fully saturated rings. The molecule has 0 radical (unpaired) electrons. The summed E-state index contributed by atoms with van der Waals surface area (Å²) in [7, 11) is 0. The van der Waals surface area contributed by atoms with Crippen molar-refractivity contribution in [2.45, 2.75) is 57.3 Å². The second-order valence-corrected chi connectivity index (χ2v) is 7.23. The lowest BCUT2D eigenvalue weighted by Gasteiger charge is -2.27. The van der Waals surface area contributed by atoms with Gasteiger partial charge in [0.1, 0.15) is 0 Å². The predicted molar refractivity (Wildman–Crippen MR) is 99.4 cm³/mol. The van der Waals surface area contributed by atoms with E-state index in [1.807, 2.05) is 18.2 Å². The van der Waals surface area contributed by atoms with Crippen LogP contribution in [0, 0.1) is 11.8 Å². The van der Waals surface area contributed by atoms with E-state index < -0.39 is 5.97 Å². The minimum atomic E-state index is -0.721. The molecule has 1 aromatic carbocycles. The van der Waals surface area contributed by atoms with Crippen LogP contribution in [0.1, 0.15) is 44.1 Å². The Balaban J connectivity index is 1.39. The van der Waals surface area contributed by atoms with E-state index >= 15 is 0 Å². The Morgan fingerprint density at radius 2 is 1.96 bits per heavy atom. The molecule has 4 atom stereocenters. The quantitative estimate of drug-likeness (QED) is 0.358. The van der Waals surface area contributed by atoms with Crippen molar-refractivity contribution in [2.75, 3.05) is 6.54 Å². The number of hydrogen-bond acceptors (Lipinski definition) is 4. The molecule has 0 aromatic heterocycles. The van der Waals surface area contributed by atoms with Gasteiger partial charge in [-0.1, -0.05) is 42.5 Å².